The lowest BCUT2D eigenvalue weighted by atomic mass is 9.98. The van der Waals surface area contributed by atoms with E-state index in [1.165, 1.54) is 20.2 Å². The minimum atomic E-state index is -3.63. The Balaban J connectivity index is 1.93. The molecule has 0 saturated carbocycles. The van der Waals surface area contributed by atoms with E-state index in [1.54, 1.807) is 19.1 Å². The summed E-state index contributed by atoms with van der Waals surface area (Å²) in [4.78, 5) is 24.2. The number of aryl methyl sites for hydroxylation is 1. The van der Waals surface area contributed by atoms with Crippen LogP contribution in [0.25, 0.3) is 0 Å². The Morgan fingerprint density at radius 1 is 1.10 bits per heavy atom. The first-order valence-electron chi connectivity index (χ1n) is 9.15. The van der Waals surface area contributed by atoms with E-state index < -0.39 is 28.5 Å². The number of rotatable bonds is 8. The Hall–Kier alpha value is -2.71. The molecule has 0 fully saturated rings. The van der Waals surface area contributed by atoms with Crippen molar-refractivity contribution in [2.24, 2.45) is 0 Å². The second kappa shape index (κ2) is 9.67. The van der Waals surface area contributed by atoms with Crippen LogP contribution in [0.2, 0.25) is 0 Å². The summed E-state index contributed by atoms with van der Waals surface area (Å²) >= 11 is 0. The summed E-state index contributed by atoms with van der Waals surface area (Å²) in [5.74, 6) is -1.04. The van der Waals surface area contributed by atoms with Gasteiger partial charge in [0, 0.05) is 19.8 Å². The van der Waals surface area contributed by atoms with Gasteiger partial charge in [0.2, 0.25) is 10.0 Å². The van der Waals surface area contributed by atoms with Crippen LogP contribution in [0, 0.1) is 6.92 Å². The number of anilines is 1. The summed E-state index contributed by atoms with van der Waals surface area (Å²) in [5, 5.41) is 2.56. The highest BCUT2D eigenvalue weighted by Crippen LogP contribution is 2.22. The molecule has 0 aliphatic rings. The molecule has 7 nitrogen and oxygen atoms in total. The first-order chi connectivity index (χ1) is 13.6. The number of carbonyl (C=O) groups excluding carboxylic acids is 2. The van der Waals surface area contributed by atoms with Gasteiger partial charge in [-0.25, -0.2) is 12.7 Å². The lowest BCUT2D eigenvalue weighted by molar-refractivity contribution is -0.147. The van der Waals surface area contributed by atoms with Crippen LogP contribution in [0.5, 0.6) is 0 Å². The van der Waals surface area contributed by atoms with Crippen LogP contribution in [0.15, 0.2) is 53.4 Å². The van der Waals surface area contributed by atoms with Crippen LogP contribution in [-0.4, -0.2) is 45.3 Å². The van der Waals surface area contributed by atoms with E-state index >= 15 is 0 Å². The average molecular weight is 419 g/mol. The number of nitrogens with one attached hydrogen (secondary N) is 1. The molecule has 0 radical (unpaired) electrons. The minimum absolute atomic E-state index is 0.0253. The molecule has 0 bridgehead atoms. The Kier molecular flexibility index (Phi) is 7.53. The lowest BCUT2D eigenvalue weighted by Gasteiger charge is -2.15. The highest BCUT2D eigenvalue weighted by molar-refractivity contribution is 7.89. The summed E-state index contributed by atoms with van der Waals surface area (Å²) in [6.07, 6.45) is 0.160. The molecule has 156 valence electrons. The van der Waals surface area contributed by atoms with Crippen molar-refractivity contribution in [2.75, 3.05) is 26.0 Å². The molecule has 0 aromatic heterocycles. The molecular formula is C21H26N2O5S. The number of hydrogen-bond acceptors (Lipinski definition) is 5. The SMILES string of the molecule is Cc1ccc(NC(=O)COC(=O)CC(C)c2ccccc2)cc1S(=O)(=O)N(C)C. The van der Waals surface area contributed by atoms with E-state index in [-0.39, 0.29) is 17.2 Å². The van der Waals surface area contributed by atoms with Crippen molar-refractivity contribution in [3.63, 3.8) is 0 Å². The fourth-order valence-corrected chi connectivity index (χ4v) is 3.85. The third-order valence-corrected chi connectivity index (χ3v) is 6.39. The highest BCUT2D eigenvalue weighted by Gasteiger charge is 2.20. The van der Waals surface area contributed by atoms with Crippen LogP contribution < -0.4 is 5.32 Å². The molecule has 0 aliphatic heterocycles. The first kappa shape index (κ1) is 22.6. The van der Waals surface area contributed by atoms with Gasteiger partial charge in [0.1, 0.15) is 0 Å². The van der Waals surface area contributed by atoms with E-state index in [0.29, 0.717) is 11.3 Å². The van der Waals surface area contributed by atoms with E-state index in [1.807, 2.05) is 37.3 Å². The number of ether oxygens (including phenoxy) is 1. The predicted octanol–water partition coefficient (Wildman–Crippen LogP) is 2.92. The van der Waals surface area contributed by atoms with Gasteiger partial charge in [-0.3, -0.25) is 9.59 Å². The summed E-state index contributed by atoms with van der Waals surface area (Å²) in [5.41, 5.74) is 1.90. The molecule has 1 amide bonds. The summed E-state index contributed by atoms with van der Waals surface area (Å²) < 4.78 is 30.9. The fraction of sp³-hybridized carbons (Fsp3) is 0.333. The molecule has 0 aliphatic carbocycles. The van der Waals surface area contributed by atoms with E-state index in [9.17, 15) is 18.0 Å². The molecular weight excluding hydrogens is 392 g/mol. The summed E-state index contributed by atoms with van der Waals surface area (Å²) in [6, 6.07) is 14.2. The van der Waals surface area contributed by atoms with E-state index in [2.05, 4.69) is 5.32 Å². The maximum absolute atomic E-state index is 12.4. The number of carbonyl (C=O) groups is 2. The number of benzene rings is 2. The number of nitrogens with zero attached hydrogens (tertiary/aromatic N) is 1. The van der Waals surface area contributed by atoms with Gasteiger partial charge in [-0.2, -0.15) is 0 Å². The number of sulfonamides is 1. The highest BCUT2D eigenvalue weighted by atomic mass is 32.2. The zero-order valence-corrected chi connectivity index (χ0v) is 17.8. The lowest BCUT2D eigenvalue weighted by Crippen LogP contribution is -2.24. The quantitative estimate of drug-likeness (QED) is 0.666. The second-order valence-electron chi connectivity index (χ2n) is 6.99. The van der Waals surface area contributed by atoms with Gasteiger partial charge in [-0.1, -0.05) is 43.3 Å². The van der Waals surface area contributed by atoms with Crippen molar-refractivity contribution < 1.29 is 22.7 Å². The maximum atomic E-state index is 12.4. The molecule has 2 aromatic rings. The number of hydrogen-bond donors (Lipinski definition) is 1. The van der Waals surface area contributed by atoms with Crippen LogP contribution in [0.4, 0.5) is 5.69 Å². The standard InChI is InChI=1S/C21H26N2O5S/c1-15-10-11-18(13-19(15)29(26,27)23(3)4)22-20(24)14-28-21(25)12-16(2)17-8-6-5-7-9-17/h5-11,13,16H,12,14H2,1-4H3,(H,22,24). The third-order valence-electron chi connectivity index (χ3n) is 4.44. The van der Waals surface area contributed by atoms with Crippen LogP contribution in [0.3, 0.4) is 0 Å². The van der Waals surface area contributed by atoms with Crippen LogP contribution >= 0.6 is 0 Å². The monoisotopic (exact) mass is 418 g/mol. The van der Waals surface area contributed by atoms with Gasteiger partial charge in [-0.15, -0.1) is 0 Å². The molecule has 29 heavy (non-hydrogen) atoms. The predicted molar refractivity (Wildman–Crippen MR) is 111 cm³/mol. The average Bonchev–Trinajstić information content (AvgIpc) is 2.68. The minimum Gasteiger partial charge on any atom is -0.456 e. The van der Waals surface area contributed by atoms with Crippen molar-refractivity contribution in [1.29, 1.82) is 0 Å². The van der Waals surface area contributed by atoms with Crippen molar-refractivity contribution in [1.82, 2.24) is 4.31 Å². The van der Waals surface area contributed by atoms with Gasteiger partial charge in [0.05, 0.1) is 11.3 Å². The molecule has 1 unspecified atom stereocenters. The van der Waals surface area contributed by atoms with Crippen molar-refractivity contribution in [3.8, 4) is 0 Å². The normalized spacial score (nSPS) is 12.4. The van der Waals surface area contributed by atoms with Crippen LogP contribution in [-0.2, 0) is 24.3 Å². The van der Waals surface area contributed by atoms with Gasteiger partial charge >= 0.3 is 5.97 Å². The van der Waals surface area contributed by atoms with Gasteiger partial charge in [0.15, 0.2) is 6.61 Å². The largest absolute Gasteiger partial charge is 0.456 e. The van der Waals surface area contributed by atoms with Gasteiger partial charge < -0.3 is 10.1 Å². The van der Waals surface area contributed by atoms with Crippen LogP contribution in [0.1, 0.15) is 30.4 Å². The molecule has 8 heteroatoms. The second-order valence-corrected chi connectivity index (χ2v) is 9.11. The Labute approximate surface area is 171 Å². The molecule has 0 saturated heterocycles. The fourth-order valence-electron chi connectivity index (χ4n) is 2.70. The van der Waals surface area contributed by atoms with Crippen molar-refractivity contribution in [3.05, 3.63) is 59.7 Å². The molecule has 0 heterocycles. The zero-order chi connectivity index (χ0) is 21.6. The number of esters is 1. The molecule has 2 aromatic carbocycles. The molecule has 2 rings (SSSR count). The molecule has 0 spiro atoms. The topological polar surface area (TPSA) is 92.8 Å². The van der Waals surface area contributed by atoms with Crippen molar-refractivity contribution >= 4 is 27.6 Å². The zero-order valence-electron chi connectivity index (χ0n) is 17.0. The first-order valence-corrected chi connectivity index (χ1v) is 10.6. The Bertz CT molecular complexity index is 972. The maximum Gasteiger partial charge on any atom is 0.306 e. The summed E-state index contributed by atoms with van der Waals surface area (Å²) in [7, 11) is -0.754. The molecule has 1 N–H and O–H groups in total. The Morgan fingerprint density at radius 3 is 2.38 bits per heavy atom. The Morgan fingerprint density at radius 2 is 1.76 bits per heavy atom. The van der Waals surface area contributed by atoms with Crippen molar-refractivity contribution in [2.45, 2.75) is 31.1 Å². The molecule has 1 atom stereocenters. The number of amides is 1. The van der Waals surface area contributed by atoms with Gasteiger partial charge in [0.25, 0.3) is 5.91 Å². The van der Waals surface area contributed by atoms with Gasteiger partial charge in [-0.05, 0) is 36.1 Å². The smallest absolute Gasteiger partial charge is 0.306 e. The summed E-state index contributed by atoms with van der Waals surface area (Å²) in [6.45, 7) is 3.15. The van der Waals surface area contributed by atoms with E-state index in [0.717, 1.165) is 9.87 Å². The third kappa shape index (κ3) is 6.13. The van der Waals surface area contributed by atoms with E-state index in [4.69, 9.17) is 4.74 Å².